The first-order valence-electron chi connectivity index (χ1n) is 8.04. The van der Waals surface area contributed by atoms with Gasteiger partial charge in [0.05, 0.1) is 4.21 Å². The van der Waals surface area contributed by atoms with E-state index in [0.717, 1.165) is 17.3 Å². The van der Waals surface area contributed by atoms with Crippen LogP contribution in [0.1, 0.15) is 50.6 Å². The van der Waals surface area contributed by atoms with E-state index in [-0.39, 0.29) is 0 Å². The number of hydrogen-bond acceptors (Lipinski definition) is 4. The number of rotatable bonds is 2. The molecule has 2 nitrogen and oxygen atoms in total. The van der Waals surface area contributed by atoms with Crippen LogP contribution in [-0.4, -0.2) is 35.3 Å². The second-order valence-corrected chi connectivity index (χ2v) is 9.22. The number of thioether (sulfide) groups is 1. The van der Waals surface area contributed by atoms with Gasteiger partial charge in [0.2, 0.25) is 0 Å². The van der Waals surface area contributed by atoms with Crippen molar-refractivity contribution in [2.24, 2.45) is 0 Å². The van der Waals surface area contributed by atoms with E-state index in [1.807, 2.05) is 11.3 Å². The van der Waals surface area contributed by atoms with E-state index in [1.165, 1.54) is 45.2 Å². The number of piperidine rings is 1. The Hall–Kier alpha value is -0.0300. The molecule has 0 saturated carbocycles. The molecule has 1 aromatic rings. The van der Waals surface area contributed by atoms with Crippen molar-refractivity contribution in [1.82, 2.24) is 10.2 Å². The van der Waals surface area contributed by atoms with Gasteiger partial charge in [-0.05, 0) is 62.2 Å². The Labute approximate surface area is 130 Å². The molecule has 3 unspecified atom stereocenters. The lowest BCUT2D eigenvalue weighted by atomic mass is 9.95. The van der Waals surface area contributed by atoms with E-state index in [9.17, 15) is 0 Å². The maximum atomic E-state index is 4.01. The Morgan fingerprint density at radius 2 is 2.20 bits per heavy atom. The molecule has 4 heterocycles. The molecule has 4 atom stereocenters. The Balaban J connectivity index is 1.44. The van der Waals surface area contributed by atoms with Crippen molar-refractivity contribution < 1.29 is 0 Å². The number of nitrogens with zero attached hydrogens (tertiary/aromatic N) is 1. The van der Waals surface area contributed by atoms with Crippen LogP contribution in [0.25, 0.3) is 0 Å². The summed E-state index contributed by atoms with van der Waals surface area (Å²) in [6.07, 6.45) is 6.85. The predicted octanol–water partition coefficient (Wildman–Crippen LogP) is 3.89. The zero-order valence-electron chi connectivity index (χ0n) is 12.2. The number of nitrogens with one attached hydrogen (secondary N) is 1. The summed E-state index contributed by atoms with van der Waals surface area (Å²) in [7, 11) is 0. The third-order valence-corrected chi connectivity index (χ3v) is 7.51. The molecule has 0 aromatic carbocycles. The molecule has 4 rings (SSSR count). The first-order valence-corrected chi connectivity index (χ1v) is 9.79. The van der Waals surface area contributed by atoms with Crippen LogP contribution >= 0.6 is 23.1 Å². The number of hydrogen-bond donors (Lipinski definition) is 1. The van der Waals surface area contributed by atoms with Crippen LogP contribution in [0.2, 0.25) is 0 Å². The van der Waals surface area contributed by atoms with Crippen molar-refractivity contribution in [1.29, 1.82) is 0 Å². The Bertz CT molecular complexity index is 473. The molecule has 4 heteroatoms. The van der Waals surface area contributed by atoms with Crippen molar-refractivity contribution in [3.63, 3.8) is 0 Å². The molecule has 2 fully saturated rings. The van der Waals surface area contributed by atoms with Crippen LogP contribution in [0.5, 0.6) is 0 Å². The third kappa shape index (κ3) is 2.56. The average molecular weight is 309 g/mol. The van der Waals surface area contributed by atoms with Gasteiger partial charge in [-0.1, -0.05) is 6.92 Å². The van der Waals surface area contributed by atoms with Crippen molar-refractivity contribution in [3.05, 3.63) is 17.0 Å². The van der Waals surface area contributed by atoms with Crippen LogP contribution in [0, 0.1) is 0 Å². The zero-order chi connectivity index (χ0) is 13.5. The summed E-state index contributed by atoms with van der Waals surface area (Å²) in [4.78, 5) is 2.72. The van der Waals surface area contributed by atoms with E-state index < -0.39 is 0 Å². The fraction of sp³-hybridized carbons (Fsp3) is 0.750. The minimum atomic E-state index is 0.602. The largest absolute Gasteiger partial charge is 0.307 e. The second kappa shape index (κ2) is 5.64. The van der Waals surface area contributed by atoms with Gasteiger partial charge < -0.3 is 10.2 Å². The van der Waals surface area contributed by atoms with Crippen molar-refractivity contribution in [2.75, 3.05) is 13.1 Å². The monoisotopic (exact) mass is 308 g/mol. The number of fused-ring (bicyclic) bond motifs is 2. The highest BCUT2D eigenvalue weighted by Crippen LogP contribution is 2.44. The first kappa shape index (κ1) is 13.6. The van der Waals surface area contributed by atoms with Gasteiger partial charge in [-0.25, -0.2) is 0 Å². The molecular weight excluding hydrogens is 284 g/mol. The van der Waals surface area contributed by atoms with E-state index in [1.54, 1.807) is 9.77 Å². The van der Waals surface area contributed by atoms with E-state index in [0.29, 0.717) is 6.04 Å². The summed E-state index contributed by atoms with van der Waals surface area (Å²) in [5.74, 6) is 0. The van der Waals surface area contributed by atoms with Gasteiger partial charge in [0.15, 0.2) is 0 Å². The fourth-order valence-corrected chi connectivity index (χ4v) is 6.73. The van der Waals surface area contributed by atoms with Crippen LogP contribution in [0.4, 0.5) is 0 Å². The highest BCUT2D eigenvalue weighted by atomic mass is 32.2. The molecule has 0 amide bonds. The molecule has 2 saturated heterocycles. The molecule has 0 radical (unpaired) electrons. The molecule has 0 bridgehead atoms. The lowest BCUT2D eigenvalue weighted by Crippen LogP contribution is -2.47. The summed E-state index contributed by atoms with van der Waals surface area (Å²) in [5.41, 5.74) is 1.58. The molecule has 110 valence electrons. The highest BCUT2D eigenvalue weighted by molar-refractivity contribution is 8.01. The minimum absolute atomic E-state index is 0.602. The normalized spacial score (nSPS) is 37.6. The molecule has 0 spiro atoms. The van der Waals surface area contributed by atoms with Crippen LogP contribution in [-0.2, 0) is 0 Å². The van der Waals surface area contributed by atoms with Crippen LogP contribution < -0.4 is 5.32 Å². The van der Waals surface area contributed by atoms with Gasteiger partial charge >= 0.3 is 0 Å². The molecule has 3 aliphatic rings. The molecule has 1 N–H and O–H groups in total. The molecular formula is C16H24N2S2. The van der Waals surface area contributed by atoms with Crippen molar-refractivity contribution >= 4 is 23.1 Å². The second-order valence-electron chi connectivity index (χ2n) is 6.60. The average Bonchev–Trinajstić information content (AvgIpc) is 3.05. The van der Waals surface area contributed by atoms with Crippen molar-refractivity contribution in [2.45, 2.75) is 66.6 Å². The number of thiophene rings is 1. The summed E-state index contributed by atoms with van der Waals surface area (Å²) < 4.78 is 1.56. The zero-order valence-corrected chi connectivity index (χ0v) is 13.8. The fourth-order valence-electron chi connectivity index (χ4n) is 4.17. The van der Waals surface area contributed by atoms with Gasteiger partial charge in [0, 0.05) is 23.4 Å². The predicted molar refractivity (Wildman–Crippen MR) is 87.7 cm³/mol. The topological polar surface area (TPSA) is 15.3 Å². The quantitative estimate of drug-likeness (QED) is 0.892. The summed E-state index contributed by atoms with van der Waals surface area (Å²) in [6.45, 7) is 5.04. The van der Waals surface area contributed by atoms with Crippen LogP contribution in [0.15, 0.2) is 15.7 Å². The van der Waals surface area contributed by atoms with Gasteiger partial charge in [-0.15, -0.1) is 23.1 Å². The molecule has 1 aromatic heterocycles. The van der Waals surface area contributed by atoms with E-state index in [4.69, 9.17) is 0 Å². The standard InChI is InChI=1S/C16H24N2S2/c1-11-9-15(14-5-8-19-16(14)20-11)17-12-4-7-18-6-2-3-13(18)10-12/h5,8,11-13,15,17H,2-4,6-7,9-10H2,1H3/t11-,12?,13?,15?/m0/s1. The smallest absolute Gasteiger partial charge is 0.0649 e. The summed E-state index contributed by atoms with van der Waals surface area (Å²) >= 11 is 4.00. The van der Waals surface area contributed by atoms with Crippen LogP contribution in [0.3, 0.4) is 0 Å². The van der Waals surface area contributed by atoms with E-state index >= 15 is 0 Å². The Kier molecular flexibility index (Phi) is 3.84. The molecule has 20 heavy (non-hydrogen) atoms. The summed E-state index contributed by atoms with van der Waals surface area (Å²) in [6, 6.07) is 4.56. The lowest BCUT2D eigenvalue weighted by molar-refractivity contribution is 0.159. The SMILES string of the molecule is C[C@H]1CC(NC2CCN3CCCC3C2)c2ccsc2S1. The van der Waals surface area contributed by atoms with E-state index in [2.05, 4.69) is 40.3 Å². The molecule has 3 aliphatic heterocycles. The van der Waals surface area contributed by atoms with Crippen molar-refractivity contribution in [3.8, 4) is 0 Å². The first-order chi connectivity index (χ1) is 9.79. The van der Waals surface area contributed by atoms with Gasteiger partial charge in [-0.2, -0.15) is 0 Å². The molecule has 0 aliphatic carbocycles. The maximum Gasteiger partial charge on any atom is 0.0649 e. The third-order valence-electron chi connectivity index (χ3n) is 5.17. The van der Waals surface area contributed by atoms with Gasteiger partial charge in [0.25, 0.3) is 0 Å². The highest BCUT2D eigenvalue weighted by Gasteiger charge is 2.34. The lowest BCUT2D eigenvalue weighted by Gasteiger charge is -2.38. The minimum Gasteiger partial charge on any atom is -0.307 e. The van der Waals surface area contributed by atoms with Gasteiger partial charge in [0.1, 0.15) is 0 Å². The van der Waals surface area contributed by atoms with Gasteiger partial charge in [-0.3, -0.25) is 0 Å². The Morgan fingerprint density at radius 1 is 1.25 bits per heavy atom. The summed E-state index contributed by atoms with van der Waals surface area (Å²) in [5, 5.41) is 7.03. The Morgan fingerprint density at radius 3 is 3.15 bits per heavy atom. The maximum absolute atomic E-state index is 4.01.